The average molecular weight is 1590 g/mol. The van der Waals surface area contributed by atoms with Crippen LogP contribution in [-0.2, 0) is 17.3 Å². The molecular formula is C111H74BrN3S2. The SMILES string of the molecule is Brc1ccc2c(c1)c1ccccc1n2-c1ccc2sc3ccccc3c2c1.c1ccc(C(c2ccccc2)(c2ccccc2)c2ccc3c(c2)-c2ccccc2C3)cc1.c1ccc(C(c2ccccc2)(c2ccccc2)c2ccc3c(c2)c2ccccc2n3-c2ccc3c(c2)c2ccccc2n3-c2ccc3sc4ccccc4c3c2)cc1. The summed E-state index contributed by atoms with van der Waals surface area (Å²) in [5, 5.41) is 12.8. The molecule has 117 heavy (non-hydrogen) atoms. The number of aromatic nitrogens is 3. The van der Waals surface area contributed by atoms with Gasteiger partial charge in [0.15, 0.2) is 0 Å². The van der Waals surface area contributed by atoms with Gasteiger partial charge in [-0.1, -0.05) is 331 Å². The molecule has 0 saturated carbocycles. The molecule has 0 radical (unpaired) electrons. The van der Waals surface area contributed by atoms with E-state index in [9.17, 15) is 0 Å². The van der Waals surface area contributed by atoms with Gasteiger partial charge >= 0.3 is 0 Å². The molecule has 6 heteroatoms. The minimum absolute atomic E-state index is 0.393. The first kappa shape index (κ1) is 70.0. The van der Waals surface area contributed by atoms with Gasteiger partial charge in [-0.25, -0.2) is 0 Å². The molecule has 0 N–H and O–H groups in total. The number of hydrogen-bond acceptors (Lipinski definition) is 2. The Balaban J connectivity index is 0.000000118. The van der Waals surface area contributed by atoms with Crippen LogP contribution in [0.3, 0.4) is 0 Å². The molecule has 0 saturated heterocycles. The van der Waals surface area contributed by atoms with E-state index in [0.717, 1.165) is 16.6 Å². The highest BCUT2D eigenvalue weighted by molar-refractivity contribution is 9.10. The second kappa shape index (κ2) is 29.0. The third-order valence-corrected chi connectivity index (χ3v) is 27.2. The molecule has 0 spiro atoms. The normalized spacial score (nSPS) is 12.1. The minimum atomic E-state index is -0.528. The van der Waals surface area contributed by atoms with Crippen molar-refractivity contribution in [2.24, 2.45) is 0 Å². The topological polar surface area (TPSA) is 14.8 Å². The number of halogens is 1. The van der Waals surface area contributed by atoms with E-state index in [1.807, 2.05) is 22.7 Å². The third kappa shape index (κ3) is 11.6. The molecule has 552 valence electrons. The predicted molar refractivity (Wildman–Crippen MR) is 501 cm³/mol. The number of thiophene rings is 2. The van der Waals surface area contributed by atoms with Crippen LogP contribution in [0.4, 0.5) is 0 Å². The number of para-hydroxylation sites is 3. The van der Waals surface area contributed by atoms with E-state index < -0.39 is 10.8 Å². The third-order valence-electron chi connectivity index (χ3n) is 24.4. The van der Waals surface area contributed by atoms with Gasteiger partial charge in [-0.05, 0) is 195 Å². The molecule has 0 amide bonds. The van der Waals surface area contributed by atoms with Crippen LogP contribution in [0.5, 0.6) is 0 Å². The van der Waals surface area contributed by atoms with Gasteiger partial charge in [0.25, 0.3) is 0 Å². The number of nitrogens with zero attached hydrogens (tertiary/aromatic N) is 3. The lowest BCUT2D eigenvalue weighted by Crippen LogP contribution is -2.31. The summed E-state index contributed by atoms with van der Waals surface area (Å²) in [4.78, 5) is 0. The number of hydrogen-bond donors (Lipinski definition) is 0. The predicted octanol–water partition coefficient (Wildman–Crippen LogP) is 30.2. The molecule has 5 aromatic heterocycles. The Kier molecular flexibility index (Phi) is 17.3. The Morgan fingerprint density at radius 1 is 0.197 bits per heavy atom. The molecule has 0 unspecified atom stereocenters. The van der Waals surface area contributed by atoms with Crippen LogP contribution in [0.25, 0.3) is 134 Å². The first-order valence-corrected chi connectivity index (χ1v) is 42.5. The minimum Gasteiger partial charge on any atom is -0.309 e. The molecule has 0 atom stereocenters. The molecule has 18 aromatic carbocycles. The molecule has 23 aromatic rings. The van der Waals surface area contributed by atoms with Crippen molar-refractivity contribution in [2.75, 3.05) is 0 Å². The number of rotatable bonds is 11. The Labute approximate surface area is 694 Å². The fourth-order valence-corrected chi connectivity index (χ4v) is 21.8. The highest BCUT2D eigenvalue weighted by atomic mass is 79.9. The zero-order valence-corrected chi connectivity index (χ0v) is 67.0. The summed E-state index contributed by atoms with van der Waals surface area (Å²) in [7, 11) is 0. The lowest BCUT2D eigenvalue weighted by molar-refractivity contribution is 0.745. The zero-order valence-electron chi connectivity index (χ0n) is 63.8. The van der Waals surface area contributed by atoms with Crippen molar-refractivity contribution < 1.29 is 0 Å². The molecule has 24 rings (SSSR count). The molecule has 0 fully saturated rings. The van der Waals surface area contributed by atoms with Crippen molar-refractivity contribution in [1.29, 1.82) is 0 Å². The summed E-state index contributed by atoms with van der Waals surface area (Å²) in [6.45, 7) is 0. The zero-order chi connectivity index (χ0) is 77.5. The van der Waals surface area contributed by atoms with Gasteiger partial charge in [0.2, 0.25) is 0 Å². The lowest BCUT2D eigenvalue weighted by atomic mass is 9.65. The van der Waals surface area contributed by atoms with Gasteiger partial charge < -0.3 is 13.7 Å². The first-order chi connectivity index (χ1) is 57.9. The van der Waals surface area contributed by atoms with Crippen LogP contribution in [0.15, 0.2) is 441 Å². The van der Waals surface area contributed by atoms with E-state index >= 15 is 0 Å². The number of fused-ring (bicyclic) bond motifs is 18. The molecule has 3 nitrogen and oxygen atoms in total. The van der Waals surface area contributed by atoms with Gasteiger partial charge in [-0.2, -0.15) is 0 Å². The Morgan fingerprint density at radius 3 is 0.940 bits per heavy atom. The maximum atomic E-state index is 3.63. The maximum absolute atomic E-state index is 3.63. The van der Waals surface area contributed by atoms with E-state index in [1.54, 1.807) is 0 Å². The molecule has 0 aliphatic heterocycles. The van der Waals surface area contributed by atoms with Crippen molar-refractivity contribution in [3.05, 3.63) is 497 Å². The molecule has 0 bridgehead atoms. The fraction of sp³-hybridized carbons (Fsp3) is 0.0270. The lowest BCUT2D eigenvalue weighted by Gasteiger charge is -2.37. The van der Waals surface area contributed by atoms with Crippen molar-refractivity contribution in [1.82, 2.24) is 13.7 Å². The van der Waals surface area contributed by atoms with Crippen molar-refractivity contribution >= 4 is 144 Å². The van der Waals surface area contributed by atoms with Gasteiger partial charge in [-0.3, -0.25) is 0 Å². The summed E-state index contributed by atoms with van der Waals surface area (Å²) in [5.74, 6) is 0. The largest absolute Gasteiger partial charge is 0.309 e. The van der Waals surface area contributed by atoms with Crippen LogP contribution in [0, 0.1) is 0 Å². The van der Waals surface area contributed by atoms with Crippen LogP contribution < -0.4 is 0 Å². The molecule has 1 aliphatic rings. The van der Waals surface area contributed by atoms with E-state index in [-0.39, 0.29) is 0 Å². The Hall–Kier alpha value is -13.7. The van der Waals surface area contributed by atoms with Crippen LogP contribution in [-0.4, -0.2) is 13.7 Å². The van der Waals surface area contributed by atoms with E-state index in [4.69, 9.17) is 0 Å². The summed E-state index contributed by atoms with van der Waals surface area (Å²) in [6.07, 6.45) is 1.01. The van der Waals surface area contributed by atoms with Crippen LogP contribution >= 0.6 is 38.6 Å². The van der Waals surface area contributed by atoms with Crippen molar-refractivity contribution in [2.45, 2.75) is 17.3 Å². The Bertz CT molecular complexity index is 7530. The standard InChI is InChI=1S/C55H36N2S.C32H24.C24H14BrNS/c1-4-16-37(17-5-1)55(38-18-6-2-7-19-38,39-20-8-3-9-21-39)40-28-31-51-46(34-40)43-22-10-13-25-49(43)56(51)41-29-32-52-47(35-41)44-23-11-14-26-50(44)57(52)42-30-33-54-48(36-42)45-24-12-15-27-53(45)58-54;1-4-13-26(14-5-1)32(27-15-6-2-7-16-27,28-17-8-3-9-18-28)29-21-20-25-22-24-12-10-11-19-30(24)31(25)23-29;25-15-9-11-22-19(13-15)17-5-1-3-7-21(17)26(22)16-10-12-24-20(14-16)18-6-2-4-8-23(18)27-24/h1-36H;1-21,23H,22H2;1-14H. The van der Waals surface area contributed by atoms with Crippen LogP contribution in [0.1, 0.15) is 55.6 Å². The second-order valence-corrected chi connectivity index (χ2v) is 33.7. The summed E-state index contributed by atoms with van der Waals surface area (Å²) in [6, 6.07) is 160. The molecular weight excluding hydrogens is 1520 g/mol. The molecule has 5 heterocycles. The fourth-order valence-electron chi connectivity index (χ4n) is 19.3. The summed E-state index contributed by atoms with van der Waals surface area (Å²) in [5.41, 5.74) is 25.5. The number of benzene rings is 18. The maximum Gasteiger partial charge on any atom is 0.0701 e. The molecule has 1 aliphatic carbocycles. The summed E-state index contributed by atoms with van der Waals surface area (Å²) < 4.78 is 13.7. The Morgan fingerprint density at radius 2 is 0.496 bits per heavy atom. The van der Waals surface area contributed by atoms with Crippen LogP contribution in [0.2, 0.25) is 0 Å². The monoisotopic (exact) mass is 1590 g/mol. The van der Waals surface area contributed by atoms with Gasteiger partial charge in [0.1, 0.15) is 0 Å². The van der Waals surface area contributed by atoms with Crippen molar-refractivity contribution in [3.63, 3.8) is 0 Å². The van der Waals surface area contributed by atoms with Crippen molar-refractivity contribution in [3.8, 4) is 28.2 Å². The van der Waals surface area contributed by atoms with Gasteiger partial charge in [0.05, 0.1) is 43.9 Å². The first-order valence-electron chi connectivity index (χ1n) is 40.1. The quantitative estimate of drug-likeness (QED) is 0.115. The summed E-state index contributed by atoms with van der Waals surface area (Å²) >= 11 is 7.36. The highest BCUT2D eigenvalue weighted by Crippen LogP contribution is 2.51. The van der Waals surface area contributed by atoms with E-state index in [1.165, 1.54) is 184 Å². The van der Waals surface area contributed by atoms with Gasteiger partial charge in [-0.15, -0.1) is 22.7 Å². The van der Waals surface area contributed by atoms with E-state index in [0.29, 0.717) is 0 Å². The van der Waals surface area contributed by atoms with E-state index in [2.05, 4.69) is 466 Å². The van der Waals surface area contributed by atoms with Gasteiger partial charge in [0, 0.05) is 94.2 Å². The smallest absolute Gasteiger partial charge is 0.0701 e. The highest BCUT2D eigenvalue weighted by Gasteiger charge is 2.41. The second-order valence-electron chi connectivity index (χ2n) is 30.6. The average Bonchev–Trinajstić information content (AvgIpc) is 1.70.